The molecule has 1 heterocycles. The van der Waals surface area contributed by atoms with Crippen LogP contribution in [0.15, 0.2) is 18.2 Å². The largest absolute Gasteiger partial charge is 0.395 e. The summed E-state index contributed by atoms with van der Waals surface area (Å²) in [6.07, 6.45) is 1.02. The average molecular weight is 262 g/mol. The summed E-state index contributed by atoms with van der Waals surface area (Å²) in [5.74, 6) is -0.00239. The Morgan fingerprint density at radius 3 is 2.89 bits per heavy atom. The highest BCUT2D eigenvalue weighted by atomic mass is 16.3. The lowest BCUT2D eigenvalue weighted by molar-refractivity contribution is 0.0665. The summed E-state index contributed by atoms with van der Waals surface area (Å²) in [7, 11) is 0. The lowest BCUT2D eigenvalue weighted by Gasteiger charge is -2.27. The van der Waals surface area contributed by atoms with Crippen LogP contribution in [0.3, 0.4) is 0 Å². The molecule has 1 aromatic rings. The van der Waals surface area contributed by atoms with Gasteiger partial charge in [-0.3, -0.25) is 4.79 Å². The van der Waals surface area contributed by atoms with Crippen molar-refractivity contribution in [1.29, 1.82) is 0 Å². The summed E-state index contributed by atoms with van der Waals surface area (Å²) in [5.41, 5.74) is 3.25. The van der Waals surface area contributed by atoms with E-state index in [2.05, 4.69) is 11.4 Å². The lowest BCUT2D eigenvalue weighted by Crippen LogP contribution is -2.39. The number of rotatable bonds is 4. The van der Waals surface area contributed by atoms with Crippen LogP contribution in [-0.2, 0) is 13.0 Å². The van der Waals surface area contributed by atoms with Gasteiger partial charge in [0, 0.05) is 24.7 Å². The first-order valence-electron chi connectivity index (χ1n) is 6.88. The van der Waals surface area contributed by atoms with Crippen molar-refractivity contribution < 1.29 is 9.90 Å². The van der Waals surface area contributed by atoms with Gasteiger partial charge >= 0.3 is 0 Å². The maximum Gasteiger partial charge on any atom is 0.254 e. The first-order chi connectivity index (χ1) is 9.13. The number of aliphatic hydroxyl groups excluding tert-OH is 1. The van der Waals surface area contributed by atoms with Crippen molar-refractivity contribution in [3.8, 4) is 0 Å². The molecule has 0 atom stereocenters. The molecule has 0 radical (unpaired) electrons. The van der Waals surface area contributed by atoms with Gasteiger partial charge in [0.1, 0.15) is 0 Å². The number of nitrogens with one attached hydrogen (secondary N) is 1. The van der Waals surface area contributed by atoms with Gasteiger partial charge in [-0.2, -0.15) is 0 Å². The average Bonchev–Trinajstić information content (AvgIpc) is 2.43. The first-order valence-corrected chi connectivity index (χ1v) is 6.88. The van der Waals surface area contributed by atoms with Crippen molar-refractivity contribution in [2.45, 2.75) is 32.9 Å². The van der Waals surface area contributed by atoms with Crippen LogP contribution in [0.5, 0.6) is 0 Å². The molecule has 0 spiro atoms. The van der Waals surface area contributed by atoms with E-state index in [0.717, 1.165) is 19.5 Å². The molecular formula is C15H22N2O2. The second kappa shape index (κ2) is 6.17. The molecule has 1 aliphatic rings. The zero-order chi connectivity index (χ0) is 13.8. The Balaban J connectivity index is 2.22. The number of nitrogens with zero attached hydrogens (tertiary/aromatic N) is 1. The van der Waals surface area contributed by atoms with E-state index in [1.807, 2.05) is 26.0 Å². The Kier molecular flexibility index (Phi) is 4.56. The number of carbonyl (C=O) groups excluding carboxylic acids is 1. The molecule has 1 aliphatic heterocycles. The summed E-state index contributed by atoms with van der Waals surface area (Å²) in [6, 6.07) is 6.03. The molecule has 1 aromatic carbocycles. The van der Waals surface area contributed by atoms with Crippen LogP contribution < -0.4 is 5.32 Å². The monoisotopic (exact) mass is 262 g/mol. The van der Waals surface area contributed by atoms with E-state index >= 15 is 0 Å². The normalized spacial score (nSPS) is 14.3. The Morgan fingerprint density at radius 2 is 2.21 bits per heavy atom. The molecule has 0 bridgehead atoms. The number of hydrogen-bond acceptors (Lipinski definition) is 3. The van der Waals surface area contributed by atoms with Gasteiger partial charge in [0.05, 0.1) is 6.61 Å². The predicted molar refractivity (Wildman–Crippen MR) is 75.1 cm³/mol. The van der Waals surface area contributed by atoms with Gasteiger partial charge in [-0.25, -0.2) is 0 Å². The highest BCUT2D eigenvalue weighted by Crippen LogP contribution is 2.17. The minimum atomic E-state index is -0.00356. The van der Waals surface area contributed by atoms with E-state index in [-0.39, 0.29) is 18.6 Å². The topological polar surface area (TPSA) is 52.6 Å². The molecule has 0 saturated heterocycles. The van der Waals surface area contributed by atoms with Crippen molar-refractivity contribution >= 4 is 5.91 Å². The number of carbonyl (C=O) groups is 1. The van der Waals surface area contributed by atoms with Crippen molar-refractivity contribution in [2.75, 3.05) is 19.7 Å². The Labute approximate surface area is 114 Å². The standard InChI is InChI=1S/C15H22N2O2/c1-11(2)17(7-8-18)15(19)13-4-3-12-5-6-16-10-14(12)9-13/h3-4,9,11,16,18H,5-8,10H2,1-2H3. The molecule has 19 heavy (non-hydrogen) atoms. The molecule has 4 nitrogen and oxygen atoms in total. The van der Waals surface area contributed by atoms with Crippen LogP contribution in [-0.4, -0.2) is 41.7 Å². The van der Waals surface area contributed by atoms with E-state index in [1.165, 1.54) is 11.1 Å². The zero-order valence-electron chi connectivity index (χ0n) is 11.6. The van der Waals surface area contributed by atoms with Crippen molar-refractivity contribution in [1.82, 2.24) is 10.2 Å². The van der Waals surface area contributed by atoms with E-state index < -0.39 is 0 Å². The van der Waals surface area contributed by atoms with Gasteiger partial charge in [0.2, 0.25) is 0 Å². The van der Waals surface area contributed by atoms with Crippen LogP contribution in [0.25, 0.3) is 0 Å². The Hall–Kier alpha value is -1.39. The highest BCUT2D eigenvalue weighted by Gasteiger charge is 2.19. The molecule has 2 N–H and O–H groups in total. The van der Waals surface area contributed by atoms with Gasteiger partial charge in [0.25, 0.3) is 5.91 Å². The van der Waals surface area contributed by atoms with Gasteiger partial charge in [0.15, 0.2) is 0 Å². The molecule has 1 amide bonds. The molecular weight excluding hydrogens is 240 g/mol. The van der Waals surface area contributed by atoms with E-state index in [1.54, 1.807) is 4.90 Å². The van der Waals surface area contributed by atoms with Crippen LogP contribution in [0, 0.1) is 0 Å². The number of aliphatic hydroxyl groups is 1. The molecule has 0 fully saturated rings. The number of fused-ring (bicyclic) bond motifs is 1. The predicted octanol–water partition coefficient (Wildman–Crippen LogP) is 1.18. The minimum Gasteiger partial charge on any atom is -0.395 e. The van der Waals surface area contributed by atoms with Crippen molar-refractivity contribution in [3.05, 3.63) is 34.9 Å². The minimum absolute atomic E-state index is 0.00239. The van der Waals surface area contributed by atoms with Crippen LogP contribution >= 0.6 is 0 Å². The van der Waals surface area contributed by atoms with E-state index in [9.17, 15) is 4.79 Å². The summed E-state index contributed by atoms with van der Waals surface area (Å²) in [6.45, 7) is 6.14. The molecule has 4 heteroatoms. The number of hydrogen-bond donors (Lipinski definition) is 2. The smallest absolute Gasteiger partial charge is 0.254 e. The second-order valence-corrected chi connectivity index (χ2v) is 5.23. The van der Waals surface area contributed by atoms with Crippen molar-refractivity contribution in [2.24, 2.45) is 0 Å². The third-order valence-electron chi connectivity index (χ3n) is 3.56. The Bertz CT molecular complexity index is 457. The fourth-order valence-corrected chi connectivity index (χ4v) is 2.48. The van der Waals surface area contributed by atoms with Gasteiger partial charge < -0.3 is 15.3 Å². The van der Waals surface area contributed by atoms with Crippen LogP contribution in [0.4, 0.5) is 0 Å². The quantitative estimate of drug-likeness (QED) is 0.856. The molecule has 104 valence electrons. The highest BCUT2D eigenvalue weighted by molar-refractivity contribution is 5.94. The fraction of sp³-hybridized carbons (Fsp3) is 0.533. The third kappa shape index (κ3) is 3.14. The summed E-state index contributed by atoms with van der Waals surface area (Å²) >= 11 is 0. The summed E-state index contributed by atoms with van der Waals surface area (Å²) in [4.78, 5) is 14.2. The van der Waals surface area contributed by atoms with E-state index in [4.69, 9.17) is 5.11 Å². The molecule has 0 saturated carbocycles. The third-order valence-corrected chi connectivity index (χ3v) is 3.56. The zero-order valence-corrected chi connectivity index (χ0v) is 11.6. The Morgan fingerprint density at radius 1 is 1.42 bits per heavy atom. The van der Waals surface area contributed by atoms with Gasteiger partial charge in [-0.15, -0.1) is 0 Å². The van der Waals surface area contributed by atoms with Gasteiger partial charge in [-0.1, -0.05) is 6.07 Å². The van der Waals surface area contributed by atoms with Crippen LogP contribution in [0.2, 0.25) is 0 Å². The molecule has 0 aliphatic carbocycles. The molecule has 0 unspecified atom stereocenters. The lowest BCUT2D eigenvalue weighted by atomic mass is 9.98. The second-order valence-electron chi connectivity index (χ2n) is 5.23. The maximum absolute atomic E-state index is 12.5. The fourth-order valence-electron chi connectivity index (χ4n) is 2.48. The first kappa shape index (κ1) is 14.0. The SMILES string of the molecule is CC(C)N(CCO)C(=O)c1ccc2c(c1)CNCC2. The summed E-state index contributed by atoms with van der Waals surface area (Å²) < 4.78 is 0. The van der Waals surface area contributed by atoms with Gasteiger partial charge in [-0.05, 0) is 50.1 Å². The van der Waals surface area contributed by atoms with E-state index in [0.29, 0.717) is 12.1 Å². The number of benzene rings is 1. The summed E-state index contributed by atoms with van der Waals surface area (Å²) in [5, 5.41) is 12.4. The maximum atomic E-state index is 12.5. The molecule has 2 rings (SSSR count). The number of amides is 1. The van der Waals surface area contributed by atoms with Crippen LogP contribution in [0.1, 0.15) is 35.3 Å². The van der Waals surface area contributed by atoms with Crippen molar-refractivity contribution in [3.63, 3.8) is 0 Å². The molecule has 0 aromatic heterocycles.